The van der Waals surface area contributed by atoms with E-state index in [2.05, 4.69) is 0 Å². The predicted molar refractivity (Wildman–Crippen MR) is 336 cm³/mol. The van der Waals surface area contributed by atoms with Crippen LogP contribution in [0.25, 0.3) is 0 Å². The molecule has 4 unspecified atom stereocenters. The maximum atomic E-state index is 16.0. The number of carboxylic acids is 4. The molecule has 0 amide bonds. The molecule has 48 heteroatoms. The molecule has 0 spiro atoms. The first-order valence-electron chi connectivity index (χ1n) is 31.7. The number of likely N-dealkylation sites (tertiary alicyclic amines) is 4. The Hall–Kier alpha value is -3.68. The Morgan fingerprint density at radius 2 is 0.528 bits per heavy atom. The Labute approximate surface area is 705 Å². The molecule has 40 nitrogen and oxygen atoms in total. The van der Waals surface area contributed by atoms with Crippen LogP contribution in [-0.4, -0.2) is 258 Å². The summed E-state index contributed by atoms with van der Waals surface area (Å²) in [5.41, 5.74) is -10.6. The quantitative estimate of drug-likeness (QED) is 0.0185. The van der Waals surface area contributed by atoms with E-state index in [1.807, 2.05) is 0 Å². The maximum Gasteiger partial charge on any atom is 1.00 e. The van der Waals surface area contributed by atoms with E-state index < -0.39 is 348 Å². The molecule has 0 saturated carbocycles. The molecule has 16 N–H and O–H groups in total. The summed E-state index contributed by atoms with van der Waals surface area (Å²) in [4.78, 5) is 55.3. The number of nitrogens with zero attached hydrogens (tertiary/aromatic N) is 4. The number of fused-ring (bicyclic) bond motifs is 8. The number of aliphatic carboxylic acids is 4. The molecule has 1 aliphatic carbocycles. The Balaban J connectivity index is 0.00000523. The third-order valence-electron chi connectivity index (χ3n) is 19.5. The molecule has 108 heavy (non-hydrogen) atoms. The number of aromatic hydroxyl groups is 4. The van der Waals surface area contributed by atoms with Crippen LogP contribution in [0.4, 0.5) is 0 Å². The molecule has 4 aromatic rings. The van der Waals surface area contributed by atoms with Crippen LogP contribution in [0.2, 0.25) is 0 Å². The largest absolute Gasteiger partial charge is 1.00 e. The fourth-order valence-electron chi connectivity index (χ4n) is 14.9. The first-order chi connectivity index (χ1) is 48.4. The van der Waals surface area contributed by atoms with Gasteiger partial charge in [0.25, 0.3) is 0 Å². The van der Waals surface area contributed by atoms with Crippen molar-refractivity contribution in [1.29, 1.82) is 0 Å². The van der Waals surface area contributed by atoms with Gasteiger partial charge in [0.05, 0.1) is 56.4 Å². The zero-order valence-corrected chi connectivity index (χ0v) is 69.4. The van der Waals surface area contributed by atoms with Gasteiger partial charge in [0.1, 0.15) is 47.2 Å². The number of phenolic OH excluding ortho intramolecular Hbond substituents is 4. The molecule has 8 bridgehead atoms. The third-order valence-corrected chi connectivity index (χ3v) is 21.4. The summed E-state index contributed by atoms with van der Waals surface area (Å²) in [6.07, 6.45) is -12.5. The minimum Gasteiger partial charge on any atom is -0.872 e. The minimum atomic E-state index is -5.58. The van der Waals surface area contributed by atoms with Crippen LogP contribution in [0.1, 0.15) is 142 Å². The molecule has 4 fully saturated rings. The summed E-state index contributed by atoms with van der Waals surface area (Å²) in [5.74, 6) is -26.6. The first-order valence-corrected chi connectivity index (χ1v) is 37.1. The van der Waals surface area contributed by atoms with Crippen molar-refractivity contribution < 1.29 is 288 Å². The number of aliphatic hydroxyl groups excluding tert-OH is 4. The topological polar surface area (TPSA) is 671 Å². The van der Waals surface area contributed by atoms with Gasteiger partial charge in [-0.2, -0.15) is 33.7 Å². The molecule has 12 atom stereocenters. The predicted octanol–water partition coefficient (Wildman–Crippen LogP) is -15.4. The number of benzene rings is 4. The Morgan fingerprint density at radius 1 is 0.343 bits per heavy atom. The van der Waals surface area contributed by atoms with Gasteiger partial charge in [0, 0.05) is 109 Å². The van der Waals surface area contributed by atoms with Gasteiger partial charge in [0.15, 0.2) is 0 Å². The van der Waals surface area contributed by atoms with E-state index in [-0.39, 0.29) is 150 Å². The van der Waals surface area contributed by atoms with Gasteiger partial charge in [-0.3, -0.25) is 57.0 Å². The summed E-state index contributed by atoms with van der Waals surface area (Å²) in [5, 5.41) is 202. The SMILES string of the molecule is O=C(O)[C@H]1[C@H](O)CCN1Cc1c([O-])c2cc(c1[O-])C(CCOS(=O)(=O)O)c1cc(c([O-])c(CN3CC[C@@H](O)[C@@H]3C(=O)O)c1O)C(CCOS(=O)(=O)O)c1cc(c(O)c(CN3CC[C@@H](O)[C@@H]3C(=O)O)c1O)C(CCOS(=O)(=O)O)c1cc(c(O)c(CN3CC[C@@H](O)[C@@H]3C(=O)O)c1[O-])C2CCOS(=O)(=O)O.[Na+].[Na+].[Na+].[Na+]. The van der Waals surface area contributed by atoms with Crippen molar-refractivity contribution in [1.82, 2.24) is 19.6 Å². The Kier molecular flexibility index (Phi) is 33.6. The van der Waals surface area contributed by atoms with Crippen LogP contribution in [0, 0.1) is 0 Å². The zero-order valence-electron chi connectivity index (χ0n) is 58.1. The molecule has 0 radical (unpaired) electrons. The second-order valence-electron chi connectivity index (χ2n) is 25.6. The van der Waals surface area contributed by atoms with Crippen LogP contribution < -0.4 is 139 Å². The van der Waals surface area contributed by atoms with E-state index in [1.54, 1.807) is 0 Å². The summed E-state index contributed by atoms with van der Waals surface area (Å²) < 4.78 is 159. The van der Waals surface area contributed by atoms with Crippen LogP contribution in [0.15, 0.2) is 24.3 Å². The van der Waals surface area contributed by atoms with Gasteiger partial charge < -0.3 is 81.7 Å². The first kappa shape index (κ1) is 94.9. The average Bonchev–Trinajstić information content (AvgIpc) is 0.882. The zero-order chi connectivity index (χ0) is 76.9. The summed E-state index contributed by atoms with van der Waals surface area (Å²) >= 11 is 0. The number of carboxylic acid groups (broad SMARTS) is 4. The number of rotatable bonds is 28. The fraction of sp³-hybridized carbons (Fsp3) is 0.533. The van der Waals surface area contributed by atoms with E-state index in [1.165, 1.54) is 0 Å². The van der Waals surface area contributed by atoms with Crippen molar-refractivity contribution in [3.63, 3.8) is 0 Å². The van der Waals surface area contributed by atoms with Gasteiger partial charge in [-0.05, 0) is 85.3 Å². The van der Waals surface area contributed by atoms with Crippen molar-refractivity contribution in [3.8, 4) is 46.0 Å². The molecular weight excluding hydrogens is 1570 g/mol. The van der Waals surface area contributed by atoms with E-state index >= 15 is 20.4 Å². The van der Waals surface area contributed by atoms with Gasteiger partial charge in [-0.1, -0.05) is 29.7 Å². The van der Waals surface area contributed by atoms with Crippen molar-refractivity contribution in [2.45, 2.75) is 150 Å². The molecule has 4 heterocycles. The third kappa shape index (κ3) is 21.6. The Morgan fingerprint density at radius 3 is 0.750 bits per heavy atom. The number of hydrogen-bond acceptors (Lipinski definition) is 32. The summed E-state index contributed by atoms with van der Waals surface area (Å²) in [7, 11) is -22.3. The van der Waals surface area contributed by atoms with E-state index in [4.69, 9.17) is 16.7 Å². The van der Waals surface area contributed by atoms with Gasteiger partial charge in [-0.25, -0.2) is 16.7 Å². The van der Waals surface area contributed by atoms with E-state index in [0.29, 0.717) is 18.2 Å². The monoisotopic (exact) mass is 1640 g/mol. The number of phenols is 4. The second-order valence-corrected chi connectivity index (χ2v) is 30.0. The Bertz CT molecular complexity index is 3820. The van der Waals surface area contributed by atoms with E-state index in [9.17, 15) is 132 Å². The van der Waals surface area contributed by atoms with Gasteiger partial charge in [-0.15, -0.1) is 11.5 Å². The number of carbonyl (C=O) groups is 4. The van der Waals surface area contributed by atoms with Gasteiger partial charge >= 0.3 is 184 Å². The molecule has 4 aliphatic heterocycles. The van der Waals surface area contributed by atoms with Crippen LogP contribution in [-0.2, 0) is 104 Å². The van der Waals surface area contributed by atoms with Crippen molar-refractivity contribution in [2.75, 3.05) is 52.6 Å². The standard InChI is InChI=1S/C60H76N4O36S4.4Na/c65-41-1-9-61(45(41)57(77)78)21-37-49(69)29-17-30(50(37)70)26(6-14-98-102(88,89)90)32-19-34(54(74)39(52(32)72)23-63-11-3-43(67)47(63)59(81)82)28(8-16-100-104(94,95)96)36-20-35(55(75)40(56(36)76)24-64-12-4-44(68)48(64)60(83)84)27(7-15-99-103(91,92)93)33-18-31(25(29)5-13-97-101(85,86)87)51(71)38(53(33)73)22-62-10-2-42(66)46(62)58(79)80;;;;/h17-20,25-28,41-48,65-76H,1-16,21-24H2,(H,77,78)(H,79,80)(H,81,82)(H,83,84)(H,85,86,87)(H,88,89,90)(H,91,92,93)(H,94,95,96);;;;/q;4*+1/p-4/t25?,26?,27?,28?,41-,42-,43-,44-,45-,46-,47-,48-;;;;/m1..../s1. The second kappa shape index (κ2) is 38.2. The molecule has 4 aromatic carbocycles. The van der Waals surface area contributed by atoms with Crippen molar-refractivity contribution >= 4 is 65.5 Å². The van der Waals surface area contributed by atoms with Crippen molar-refractivity contribution in [2.24, 2.45) is 0 Å². The van der Waals surface area contributed by atoms with Gasteiger partial charge in [0.2, 0.25) is 0 Å². The molecule has 9 rings (SSSR count). The number of aliphatic hydroxyl groups is 4. The van der Waals surface area contributed by atoms with Crippen LogP contribution in [0.3, 0.4) is 0 Å². The molecule has 0 aromatic heterocycles. The van der Waals surface area contributed by atoms with E-state index in [0.717, 1.165) is 25.7 Å². The molecule has 4 saturated heterocycles. The normalized spacial score (nSPS) is 24.3. The smallest absolute Gasteiger partial charge is 0.872 e. The van der Waals surface area contributed by atoms with Crippen LogP contribution in [0.5, 0.6) is 46.0 Å². The summed E-state index contributed by atoms with van der Waals surface area (Å²) in [6.45, 7) is -11.2. The fourth-order valence-corrected chi connectivity index (χ4v) is 16.1. The minimum absolute atomic E-state index is 0. The molecular formula is C60H72N4Na4O36S4. The molecule has 5 aliphatic rings. The average molecular weight is 1650 g/mol. The summed E-state index contributed by atoms with van der Waals surface area (Å²) in [6, 6.07) is -4.81. The number of hydrogen-bond donors (Lipinski definition) is 16. The van der Waals surface area contributed by atoms with Crippen LogP contribution >= 0.6 is 0 Å². The maximum absolute atomic E-state index is 16.0. The molecule has 576 valence electrons. The van der Waals surface area contributed by atoms with Crippen molar-refractivity contribution in [3.05, 3.63) is 91.0 Å².